The van der Waals surface area contributed by atoms with Crippen LogP contribution < -0.4 is 20.1 Å². The van der Waals surface area contributed by atoms with Gasteiger partial charge in [-0.1, -0.05) is 0 Å². The molecule has 36 heavy (non-hydrogen) atoms. The maximum absolute atomic E-state index is 13.4. The predicted octanol–water partition coefficient (Wildman–Crippen LogP) is 5.37. The molecule has 1 aliphatic heterocycles. The number of carbonyl (C=O) groups excluding carboxylic acids is 1. The van der Waals surface area contributed by atoms with Crippen molar-refractivity contribution in [1.29, 1.82) is 0 Å². The van der Waals surface area contributed by atoms with Gasteiger partial charge in [-0.2, -0.15) is 13.2 Å². The Balaban J connectivity index is 1.88. The third-order valence-corrected chi connectivity index (χ3v) is 5.59. The molecule has 1 aliphatic rings. The molecule has 4 rings (SSSR count). The van der Waals surface area contributed by atoms with Gasteiger partial charge in [-0.05, 0) is 56.7 Å². The highest BCUT2D eigenvalue weighted by molar-refractivity contribution is 6.12. The SMILES string of the molecule is Cc1cc(OC(F)(F)F)ccc1N1CN(c2cc(C)c(=O)[nH]c2C)C(=O)c2cc(C(F)(F)F)cnc21. The molecule has 2 aromatic heterocycles. The number of pyridine rings is 2. The molecule has 1 N–H and O–H groups in total. The second kappa shape index (κ2) is 8.57. The van der Waals surface area contributed by atoms with Gasteiger partial charge in [-0.25, -0.2) is 4.98 Å². The van der Waals surface area contributed by atoms with Gasteiger partial charge in [-0.3, -0.25) is 14.5 Å². The van der Waals surface area contributed by atoms with Crippen LogP contribution in [0.2, 0.25) is 0 Å². The van der Waals surface area contributed by atoms with E-state index >= 15 is 0 Å². The fourth-order valence-electron chi connectivity index (χ4n) is 3.90. The number of halogens is 6. The zero-order valence-corrected chi connectivity index (χ0v) is 19.0. The molecule has 1 aromatic carbocycles. The summed E-state index contributed by atoms with van der Waals surface area (Å²) in [5.41, 5.74) is -0.510. The highest BCUT2D eigenvalue weighted by Gasteiger charge is 2.38. The maximum Gasteiger partial charge on any atom is 0.573 e. The minimum Gasteiger partial charge on any atom is -0.406 e. The number of fused-ring (bicyclic) bond motifs is 1. The Hall–Kier alpha value is -4.03. The van der Waals surface area contributed by atoms with E-state index in [2.05, 4.69) is 14.7 Å². The minimum absolute atomic E-state index is 0.101. The monoisotopic (exact) mass is 512 g/mol. The molecule has 3 aromatic rings. The van der Waals surface area contributed by atoms with Crippen molar-refractivity contribution in [3.8, 4) is 5.75 Å². The number of alkyl halides is 6. The van der Waals surface area contributed by atoms with Crippen molar-refractivity contribution in [2.24, 2.45) is 0 Å². The lowest BCUT2D eigenvalue weighted by Gasteiger charge is -2.38. The summed E-state index contributed by atoms with van der Waals surface area (Å²) < 4.78 is 82.1. The topological polar surface area (TPSA) is 78.5 Å². The van der Waals surface area contributed by atoms with E-state index in [-0.39, 0.29) is 40.6 Å². The van der Waals surface area contributed by atoms with Crippen LogP contribution in [0.15, 0.2) is 41.3 Å². The Morgan fingerprint density at radius 2 is 1.61 bits per heavy atom. The number of nitrogens with one attached hydrogen (secondary N) is 1. The standard InChI is InChI=1S/C23H18F6N4O3/c1-11-6-15(36-23(27,28)29)4-5-17(11)32-10-33(18-7-12(2)20(34)31-13(18)3)21(35)16-8-14(22(24,25)26)9-30-19(16)32/h4-9H,10H2,1-3H3,(H,31,34). The molecule has 0 unspecified atom stereocenters. The van der Waals surface area contributed by atoms with Gasteiger partial charge in [0, 0.05) is 23.1 Å². The number of H-pyrrole nitrogens is 1. The molecule has 7 nitrogen and oxygen atoms in total. The van der Waals surface area contributed by atoms with E-state index < -0.39 is 35.3 Å². The van der Waals surface area contributed by atoms with E-state index in [9.17, 15) is 35.9 Å². The number of aromatic nitrogens is 2. The first kappa shape index (κ1) is 25.1. The number of aromatic amines is 1. The third kappa shape index (κ3) is 4.72. The van der Waals surface area contributed by atoms with Crippen molar-refractivity contribution in [2.75, 3.05) is 16.5 Å². The summed E-state index contributed by atoms with van der Waals surface area (Å²) in [5, 5.41) is 0. The van der Waals surface area contributed by atoms with Gasteiger partial charge in [0.15, 0.2) is 0 Å². The molecule has 1 amide bonds. The third-order valence-electron chi connectivity index (χ3n) is 5.59. The molecule has 0 bridgehead atoms. The summed E-state index contributed by atoms with van der Waals surface area (Å²) in [6.45, 7) is 4.28. The lowest BCUT2D eigenvalue weighted by molar-refractivity contribution is -0.274. The van der Waals surface area contributed by atoms with Crippen LogP contribution in [0.4, 0.5) is 43.5 Å². The number of hydrogen-bond acceptors (Lipinski definition) is 5. The maximum atomic E-state index is 13.4. The van der Waals surface area contributed by atoms with Gasteiger partial charge in [-0.15, -0.1) is 13.2 Å². The predicted molar refractivity (Wildman–Crippen MR) is 117 cm³/mol. The highest BCUT2D eigenvalue weighted by Crippen LogP contribution is 2.40. The van der Waals surface area contributed by atoms with Crippen molar-refractivity contribution in [3.63, 3.8) is 0 Å². The van der Waals surface area contributed by atoms with Crippen LogP contribution in [0.1, 0.15) is 32.7 Å². The number of anilines is 3. The number of carbonyl (C=O) groups is 1. The molecule has 190 valence electrons. The van der Waals surface area contributed by atoms with Gasteiger partial charge in [0.2, 0.25) is 0 Å². The smallest absolute Gasteiger partial charge is 0.406 e. The number of rotatable bonds is 3. The Morgan fingerprint density at radius 1 is 0.917 bits per heavy atom. The van der Waals surface area contributed by atoms with Gasteiger partial charge in [0.1, 0.15) is 18.2 Å². The fourth-order valence-corrected chi connectivity index (χ4v) is 3.90. The van der Waals surface area contributed by atoms with Crippen LogP contribution in [-0.4, -0.2) is 28.9 Å². The highest BCUT2D eigenvalue weighted by atomic mass is 19.4. The Morgan fingerprint density at radius 3 is 2.22 bits per heavy atom. The van der Waals surface area contributed by atoms with Gasteiger partial charge >= 0.3 is 12.5 Å². The summed E-state index contributed by atoms with van der Waals surface area (Å²) in [7, 11) is 0. The Kier molecular flexibility index (Phi) is 5.97. The van der Waals surface area contributed by atoms with Crippen molar-refractivity contribution < 1.29 is 35.9 Å². The average molecular weight is 512 g/mol. The Labute approximate surface area is 199 Å². The number of nitrogens with zero attached hydrogens (tertiary/aromatic N) is 3. The van der Waals surface area contributed by atoms with Crippen molar-refractivity contribution >= 4 is 23.1 Å². The molecular formula is C23H18F6N4O3. The molecule has 0 spiro atoms. The number of aryl methyl sites for hydroxylation is 3. The van der Waals surface area contributed by atoms with Gasteiger partial charge in [0.25, 0.3) is 11.5 Å². The molecule has 0 fully saturated rings. The molecule has 0 aliphatic carbocycles. The van der Waals surface area contributed by atoms with Crippen LogP contribution in [0.5, 0.6) is 5.75 Å². The zero-order chi connectivity index (χ0) is 26.6. The summed E-state index contributed by atoms with van der Waals surface area (Å²) >= 11 is 0. The van der Waals surface area contributed by atoms with Crippen LogP contribution >= 0.6 is 0 Å². The number of benzene rings is 1. The zero-order valence-electron chi connectivity index (χ0n) is 19.0. The molecule has 3 heterocycles. The summed E-state index contributed by atoms with van der Waals surface area (Å²) in [6, 6.07) is 5.56. The fraction of sp³-hybridized carbons (Fsp3) is 0.261. The van der Waals surface area contributed by atoms with Crippen LogP contribution in [0.3, 0.4) is 0 Å². The first-order valence-electron chi connectivity index (χ1n) is 10.4. The number of amides is 1. The second-order valence-electron chi connectivity index (χ2n) is 8.18. The molecular weight excluding hydrogens is 494 g/mol. The summed E-state index contributed by atoms with van der Waals surface area (Å²) in [5.74, 6) is -1.37. The summed E-state index contributed by atoms with van der Waals surface area (Å²) in [6.07, 6.45) is -9.10. The summed E-state index contributed by atoms with van der Waals surface area (Å²) in [4.78, 5) is 34.4. The van der Waals surface area contributed by atoms with Gasteiger partial charge in [0.05, 0.1) is 16.8 Å². The molecule has 13 heteroatoms. The first-order chi connectivity index (χ1) is 16.7. The van der Waals surface area contributed by atoms with E-state index in [1.54, 1.807) is 0 Å². The van der Waals surface area contributed by atoms with Crippen molar-refractivity contribution in [3.05, 3.63) is 74.8 Å². The lowest BCUT2D eigenvalue weighted by atomic mass is 10.1. The van der Waals surface area contributed by atoms with Crippen LogP contribution in [0.25, 0.3) is 0 Å². The molecule has 0 saturated heterocycles. The van der Waals surface area contributed by atoms with E-state index in [1.807, 2.05) is 0 Å². The van der Waals surface area contributed by atoms with Crippen molar-refractivity contribution in [2.45, 2.75) is 33.3 Å². The molecule has 0 saturated carbocycles. The first-order valence-corrected chi connectivity index (χ1v) is 10.4. The van der Waals surface area contributed by atoms with Crippen LogP contribution in [0, 0.1) is 20.8 Å². The van der Waals surface area contributed by atoms with E-state index in [0.29, 0.717) is 18.0 Å². The molecule has 0 atom stereocenters. The Bertz CT molecular complexity index is 1410. The van der Waals surface area contributed by atoms with E-state index in [0.717, 1.165) is 12.1 Å². The van der Waals surface area contributed by atoms with Crippen LogP contribution in [-0.2, 0) is 6.18 Å². The molecule has 0 radical (unpaired) electrons. The largest absolute Gasteiger partial charge is 0.573 e. The number of ether oxygens (including phenoxy) is 1. The normalized spacial score (nSPS) is 14.2. The van der Waals surface area contributed by atoms with Crippen molar-refractivity contribution in [1.82, 2.24) is 9.97 Å². The van der Waals surface area contributed by atoms with E-state index in [4.69, 9.17) is 0 Å². The lowest BCUT2D eigenvalue weighted by Crippen LogP contribution is -2.46. The van der Waals surface area contributed by atoms with E-state index in [1.165, 1.54) is 42.7 Å². The average Bonchev–Trinajstić information content (AvgIpc) is 2.75. The minimum atomic E-state index is -4.91. The quantitative estimate of drug-likeness (QED) is 0.478. The number of hydrogen-bond donors (Lipinski definition) is 1. The van der Waals surface area contributed by atoms with Gasteiger partial charge < -0.3 is 14.6 Å². The second-order valence-corrected chi connectivity index (χ2v) is 8.18.